The summed E-state index contributed by atoms with van der Waals surface area (Å²) in [6.45, 7) is 6.62. The maximum Gasteiger partial charge on any atom is 0.243 e. The van der Waals surface area contributed by atoms with E-state index in [1.807, 2.05) is 18.7 Å². The first kappa shape index (κ1) is 21.8. The van der Waals surface area contributed by atoms with Crippen molar-refractivity contribution in [3.05, 3.63) is 24.3 Å². The zero-order chi connectivity index (χ0) is 20.5. The van der Waals surface area contributed by atoms with Crippen molar-refractivity contribution < 1.29 is 19.1 Å². The molecule has 1 aromatic carbocycles. The fraction of sp³-hybridized carbons (Fsp3) is 0.526. The Morgan fingerprint density at radius 3 is 2.11 bits per heavy atom. The Hall–Kier alpha value is -2.49. The number of rotatable bonds is 8. The van der Waals surface area contributed by atoms with Gasteiger partial charge < -0.3 is 26.4 Å². The van der Waals surface area contributed by atoms with E-state index in [9.17, 15) is 14.4 Å². The van der Waals surface area contributed by atoms with Crippen molar-refractivity contribution in [3.8, 4) is 0 Å². The molecule has 2 rings (SSSR count). The van der Waals surface area contributed by atoms with E-state index in [-0.39, 0.29) is 30.2 Å². The number of hydrogen-bond donors (Lipinski definition) is 4. The molecule has 1 aliphatic rings. The third-order valence-electron chi connectivity index (χ3n) is 4.37. The largest absolute Gasteiger partial charge is 0.379 e. The van der Waals surface area contributed by atoms with Gasteiger partial charge in [0.2, 0.25) is 17.7 Å². The zero-order valence-electron chi connectivity index (χ0n) is 16.4. The summed E-state index contributed by atoms with van der Waals surface area (Å²) in [5, 5.41) is 8.02. The average molecular weight is 391 g/mol. The van der Waals surface area contributed by atoms with Gasteiger partial charge in [-0.3, -0.25) is 19.3 Å². The summed E-state index contributed by atoms with van der Waals surface area (Å²) < 4.78 is 5.26. The maximum absolute atomic E-state index is 12.1. The van der Waals surface area contributed by atoms with Crippen LogP contribution in [0.5, 0.6) is 0 Å². The van der Waals surface area contributed by atoms with Gasteiger partial charge in [-0.15, -0.1) is 0 Å². The number of carbonyl (C=O) groups excluding carboxylic acids is 3. The third kappa shape index (κ3) is 7.26. The molecule has 0 spiro atoms. The van der Waals surface area contributed by atoms with Gasteiger partial charge in [-0.25, -0.2) is 0 Å². The molecule has 5 N–H and O–H groups in total. The number of ether oxygens (including phenoxy) is 1. The summed E-state index contributed by atoms with van der Waals surface area (Å²) in [5.41, 5.74) is 6.94. The lowest BCUT2D eigenvalue weighted by atomic mass is 10.1. The number of nitrogens with zero attached hydrogens (tertiary/aromatic N) is 1. The number of carbonyl (C=O) groups is 3. The quantitative estimate of drug-likeness (QED) is 0.494. The van der Waals surface area contributed by atoms with Crippen LogP contribution in [0.2, 0.25) is 0 Å². The Kier molecular flexibility index (Phi) is 8.37. The number of anilines is 2. The molecular weight excluding hydrogens is 362 g/mol. The standard InChI is InChI=1S/C19H29N5O4/c1-13(2)18(20)19(27)21-11-16(25)22-14-3-5-15(6-4-14)23-17(26)12-24-7-9-28-10-8-24/h3-6,13,18H,7-12,20H2,1-2H3,(H,21,27)(H,22,25)(H,23,26)/t18-/m0/s1. The lowest BCUT2D eigenvalue weighted by Crippen LogP contribution is -2.46. The zero-order valence-corrected chi connectivity index (χ0v) is 16.4. The molecule has 0 saturated carbocycles. The van der Waals surface area contributed by atoms with E-state index >= 15 is 0 Å². The van der Waals surface area contributed by atoms with Crippen molar-refractivity contribution in [2.45, 2.75) is 19.9 Å². The molecule has 0 aliphatic carbocycles. The van der Waals surface area contributed by atoms with Gasteiger partial charge in [-0.05, 0) is 30.2 Å². The Morgan fingerprint density at radius 1 is 1.04 bits per heavy atom. The molecule has 0 radical (unpaired) electrons. The van der Waals surface area contributed by atoms with E-state index in [4.69, 9.17) is 10.5 Å². The lowest BCUT2D eigenvalue weighted by Gasteiger charge is -2.25. The summed E-state index contributed by atoms with van der Waals surface area (Å²) in [4.78, 5) is 37.8. The molecule has 9 heteroatoms. The molecule has 1 heterocycles. The second-order valence-electron chi connectivity index (χ2n) is 7.05. The fourth-order valence-corrected chi connectivity index (χ4v) is 2.59. The smallest absolute Gasteiger partial charge is 0.243 e. The molecule has 1 aliphatic heterocycles. The van der Waals surface area contributed by atoms with E-state index in [0.717, 1.165) is 13.1 Å². The minimum Gasteiger partial charge on any atom is -0.379 e. The van der Waals surface area contributed by atoms with Crippen LogP contribution in [0.1, 0.15) is 13.8 Å². The first-order valence-corrected chi connectivity index (χ1v) is 9.38. The first-order chi connectivity index (χ1) is 13.3. The summed E-state index contributed by atoms with van der Waals surface area (Å²) in [6.07, 6.45) is 0. The Bertz CT molecular complexity index is 671. The minimum absolute atomic E-state index is 0.00550. The van der Waals surface area contributed by atoms with E-state index < -0.39 is 6.04 Å². The summed E-state index contributed by atoms with van der Waals surface area (Å²) in [5.74, 6) is -0.811. The van der Waals surface area contributed by atoms with Gasteiger partial charge in [-0.2, -0.15) is 0 Å². The van der Waals surface area contributed by atoms with Gasteiger partial charge in [0.05, 0.1) is 32.3 Å². The Morgan fingerprint density at radius 2 is 1.57 bits per heavy atom. The number of benzene rings is 1. The monoisotopic (exact) mass is 391 g/mol. The molecule has 154 valence electrons. The second kappa shape index (κ2) is 10.7. The first-order valence-electron chi connectivity index (χ1n) is 9.38. The van der Waals surface area contributed by atoms with Crippen molar-refractivity contribution in [2.75, 3.05) is 50.0 Å². The van der Waals surface area contributed by atoms with Gasteiger partial charge in [-0.1, -0.05) is 13.8 Å². The number of nitrogens with one attached hydrogen (secondary N) is 3. The van der Waals surface area contributed by atoms with Gasteiger partial charge in [0.1, 0.15) is 0 Å². The van der Waals surface area contributed by atoms with Crippen molar-refractivity contribution in [1.82, 2.24) is 10.2 Å². The molecule has 1 aromatic rings. The normalized spacial score (nSPS) is 15.7. The number of amides is 3. The predicted octanol–water partition coefficient (Wildman–Crippen LogP) is -0.00470. The van der Waals surface area contributed by atoms with Crippen LogP contribution in [0.3, 0.4) is 0 Å². The highest BCUT2D eigenvalue weighted by molar-refractivity contribution is 5.96. The highest BCUT2D eigenvalue weighted by atomic mass is 16.5. The van der Waals surface area contributed by atoms with Crippen molar-refractivity contribution >= 4 is 29.1 Å². The van der Waals surface area contributed by atoms with Crippen LogP contribution in [0, 0.1) is 5.92 Å². The molecule has 0 bridgehead atoms. The Balaban J connectivity index is 1.74. The van der Waals surface area contributed by atoms with Crippen molar-refractivity contribution in [1.29, 1.82) is 0 Å². The number of morpholine rings is 1. The highest BCUT2D eigenvalue weighted by Gasteiger charge is 2.17. The van der Waals surface area contributed by atoms with Crippen LogP contribution in [0.4, 0.5) is 11.4 Å². The van der Waals surface area contributed by atoms with Gasteiger partial charge >= 0.3 is 0 Å². The summed E-state index contributed by atoms with van der Waals surface area (Å²) in [6, 6.07) is 6.14. The van der Waals surface area contributed by atoms with Crippen LogP contribution >= 0.6 is 0 Å². The topological polar surface area (TPSA) is 126 Å². The molecule has 1 atom stereocenters. The molecule has 1 fully saturated rings. The van der Waals surface area contributed by atoms with Gasteiger partial charge in [0, 0.05) is 24.5 Å². The minimum atomic E-state index is -0.645. The molecule has 1 saturated heterocycles. The Labute approximate surface area is 165 Å². The molecule has 9 nitrogen and oxygen atoms in total. The second-order valence-corrected chi connectivity index (χ2v) is 7.05. The van der Waals surface area contributed by atoms with Crippen LogP contribution in [0.25, 0.3) is 0 Å². The molecule has 28 heavy (non-hydrogen) atoms. The highest BCUT2D eigenvalue weighted by Crippen LogP contribution is 2.13. The van der Waals surface area contributed by atoms with Gasteiger partial charge in [0.25, 0.3) is 0 Å². The number of hydrogen-bond acceptors (Lipinski definition) is 6. The molecule has 0 aromatic heterocycles. The SMILES string of the molecule is CC(C)[C@H](N)C(=O)NCC(=O)Nc1ccc(NC(=O)CN2CCOCC2)cc1. The number of nitrogens with two attached hydrogens (primary N) is 1. The van der Waals surface area contributed by atoms with E-state index in [1.54, 1.807) is 24.3 Å². The maximum atomic E-state index is 12.1. The van der Waals surface area contributed by atoms with Crippen LogP contribution in [0.15, 0.2) is 24.3 Å². The molecular formula is C19H29N5O4. The van der Waals surface area contributed by atoms with Crippen molar-refractivity contribution in [2.24, 2.45) is 11.7 Å². The third-order valence-corrected chi connectivity index (χ3v) is 4.37. The summed E-state index contributed by atoms with van der Waals surface area (Å²) >= 11 is 0. The average Bonchev–Trinajstić information content (AvgIpc) is 2.67. The summed E-state index contributed by atoms with van der Waals surface area (Å²) in [7, 11) is 0. The fourth-order valence-electron chi connectivity index (χ4n) is 2.59. The van der Waals surface area contributed by atoms with Crippen molar-refractivity contribution in [3.63, 3.8) is 0 Å². The van der Waals surface area contributed by atoms with Crippen LogP contribution < -0.4 is 21.7 Å². The van der Waals surface area contributed by atoms with Crippen LogP contribution in [-0.4, -0.2) is 68.1 Å². The molecule has 3 amide bonds. The van der Waals surface area contributed by atoms with E-state index in [2.05, 4.69) is 16.0 Å². The lowest BCUT2D eigenvalue weighted by molar-refractivity contribution is -0.125. The van der Waals surface area contributed by atoms with E-state index in [0.29, 0.717) is 31.1 Å². The van der Waals surface area contributed by atoms with Crippen LogP contribution in [-0.2, 0) is 19.1 Å². The predicted molar refractivity (Wildman–Crippen MR) is 107 cm³/mol. The molecule has 0 unspecified atom stereocenters. The van der Waals surface area contributed by atoms with Gasteiger partial charge in [0.15, 0.2) is 0 Å². The van der Waals surface area contributed by atoms with E-state index in [1.165, 1.54) is 0 Å².